The molecule has 1 aliphatic heterocycles. The first-order valence-electron chi connectivity index (χ1n) is 12.7. The SMILES string of the molecule is [C-]#[N+]c1c(-c2ccc3c(cnn3-c3ccccc3)c2)nn([C@@H]2CCCN(C(=O)OC(C)(C)C)C2)c1C(C)=O. The van der Waals surface area contributed by atoms with Crippen LogP contribution in [0.3, 0.4) is 0 Å². The van der Waals surface area contributed by atoms with E-state index in [0.717, 1.165) is 35.0 Å². The first kappa shape index (κ1) is 25.2. The van der Waals surface area contributed by atoms with Crippen molar-refractivity contribution in [2.75, 3.05) is 13.1 Å². The van der Waals surface area contributed by atoms with Gasteiger partial charge in [0.1, 0.15) is 11.3 Å². The zero-order valence-electron chi connectivity index (χ0n) is 22.0. The number of hydrogen-bond acceptors (Lipinski definition) is 5. The Morgan fingerprint density at radius 1 is 1.13 bits per heavy atom. The maximum Gasteiger partial charge on any atom is 0.410 e. The molecule has 0 radical (unpaired) electrons. The molecule has 5 rings (SSSR count). The molecule has 3 heterocycles. The van der Waals surface area contributed by atoms with Gasteiger partial charge in [0, 0.05) is 18.5 Å². The maximum absolute atomic E-state index is 12.8. The minimum absolute atomic E-state index is 0.224. The minimum Gasteiger partial charge on any atom is -0.444 e. The monoisotopic (exact) mass is 510 g/mol. The number of fused-ring (bicyclic) bond motifs is 1. The number of benzene rings is 2. The molecular formula is C29H30N6O3. The fourth-order valence-corrected chi connectivity index (χ4v) is 4.92. The van der Waals surface area contributed by atoms with Gasteiger partial charge in [-0.1, -0.05) is 24.3 Å². The Bertz CT molecular complexity index is 1550. The fourth-order valence-electron chi connectivity index (χ4n) is 4.92. The summed E-state index contributed by atoms with van der Waals surface area (Å²) in [6.07, 6.45) is 2.88. The molecule has 0 aliphatic carbocycles. The molecule has 0 spiro atoms. The topological polar surface area (TPSA) is 86.6 Å². The summed E-state index contributed by atoms with van der Waals surface area (Å²) in [6.45, 7) is 15.8. The third kappa shape index (κ3) is 4.77. The predicted molar refractivity (Wildman–Crippen MR) is 145 cm³/mol. The van der Waals surface area contributed by atoms with Crippen molar-refractivity contribution in [3.63, 3.8) is 0 Å². The number of ketones is 1. The second-order valence-corrected chi connectivity index (χ2v) is 10.5. The van der Waals surface area contributed by atoms with Crippen molar-refractivity contribution in [1.82, 2.24) is 24.5 Å². The molecule has 0 saturated carbocycles. The number of aromatic nitrogens is 4. The van der Waals surface area contributed by atoms with Crippen molar-refractivity contribution in [2.45, 2.75) is 52.2 Å². The van der Waals surface area contributed by atoms with Gasteiger partial charge in [-0.05, 0) is 70.4 Å². The average Bonchev–Trinajstić information content (AvgIpc) is 3.50. The number of rotatable bonds is 4. The number of Topliss-reactive ketones (excluding diaryl/α,β-unsaturated/α-hetero) is 1. The number of amides is 1. The van der Waals surface area contributed by atoms with Crippen LogP contribution in [0.2, 0.25) is 0 Å². The normalized spacial score (nSPS) is 15.9. The second-order valence-electron chi connectivity index (χ2n) is 10.5. The Balaban J connectivity index is 1.53. The first-order chi connectivity index (χ1) is 18.2. The number of nitrogens with zero attached hydrogens (tertiary/aromatic N) is 6. The highest BCUT2D eigenvalue weighted by atomic mass is 16.6. The maximum atomic E-state index is 12.8. The number of hydrogen-bond donors (Lipinski definition) is 0. The highest BCUT2D eigenvalue weighted by Gasteiger charge is 2.32. The van der Waals surface area contributed by atoms with Crippen LogP contribution in [0.1, 0.15) is 57.1 Å². The molecule has 194 valence electrons. The van der Waals surface area contributed by atoms with E-state index in [9.17, 15) is 9.59 Å². The van der Waals surface area contributed by atoms with E-state index in [1.54, 1.807) is 15.8 Å². The molecule has 38 heavy (non-hydrogen) atoms. The molecule has 1 aliphatic rings. The molecule has 0 N–H and O–H groups in total. The molecule has 1 amide bonds. The Labute approximate surface area is 221 Å². The lowest BCUT2D eigenvalue weighted by Crippen LogP contribution is -2.43. The molecule has 0 bridgehead atoms. The average molecular weight is 511 g/mol. The Hall–Kier alpha value is -4.45. The van der Waals surface area contributed by atoms with Gasteiger partial charge in [0.05, 0.1) is 35.7 Å². The fraction of sp³-hybridized carbons (Fsp3) is 0.345. The summed E-state index contributed by atoms with van der Waals surface area (Å²) in [4.78, 5) is 30.9. The Morgan fingerprint density at radius 3 is 2.58 bits per heavy atom. The number of carbonyl (C=O) groups excluding carboxylic acids is 2. The molecule has 1 atom stereocenters. The number of ether oxygens (including phenoxy) is 1. The molecule has 9 heteroatoms. The zero-order valence-corrected chi connectivity index (χ0v) is 22.0. The Kier molecular flexibility index (Phi) is 6.49. The summed E-state index contributed by atoms with van der Waals surface area (Å²) in [5.74, 6) is -0.234. The third-order valence-electron chi connectivity index (χ3n) is 6.57. The number of piperidine rings is 1. The Morgan fingerprint density at radius 2 is 1.89 bits per heavy atom. The smallest absolute Gasteiger partial charge is 0.410 e. The van der Waals surface area contributed by atoms with E-state index in [1.165, 1.54) is 6.92 Å². The van der Waals surface area contributed by atoms with Crippen LogP contribution in [0.15, 0.2) is 54.7 Å². The quantitative estimate of drug-likeness (QED) is 0.240. The lowest BCUT2D eigenvalue weighted by atomic mass is 10.0. The van der Waals surface area contributed by atoms with Crippen molar-refractivity contribution in [3.8, 4) is 16.9 Å². The summed E-state index contributed by atoms with van der Waals surface area (Å²) in [5, 5.41) is 10.3. The van der Waals surface area contributed by atoms with E-state index < -0.39 is 5.60 Å². The van der Waals surface area contributed by atoms with E-state index in [2.05, 4.69) is 9.94 Å². The molecular weight excluding hydrogens is 480 g/mol. The van der Waals surface area contributed by atoms with Crippen LogP contribution < -0.4 is 0 Å². The van der Waals surface area contributed by atoms with Gasteiger partial charge in [0.25, 0.3) is 0 Å². The number of carbonyl (C=O) groups is 2. The molecule has 2 aromatic heterocycles. The lowest BCUT2D eigenvalue weighted by Gasteiger charge is -2.34. The van der Waals surface area contributed by atoms with Crippen molar-refractivity contribution in [1.29, 1.82) is 0 Å². The van der Waals surface area contributed by atoms with Crippen LogP contribution >= 0.6 is 0 Å². The van der Waals surface area contributed by atoms with E-state index >= 15 is 0 Å². The van der Waals surface area contributed by atoms with Gasteiger partial charge in [-0.15, -0.1) is 0 Å². The van der Waals surface area contributed by atoms with Crippen molar-refractivity contribution < 1.29 is 14.3 Å². The minimum atomic E-state index is -0.600. The van der Waals surface area contributed by atoms with Crippen molar-refractivity contribution in [3.05, 3.63) is 71.8 Å². The van der Waals surface area contributed by atoms with Crippen LogP contribution in [0, 0.1) is 6.57 Å². The van der Waals surface area contributed by atoms with Crippen LogP contribution in [0.4, 0.5) is 10.5 Å². The molecule has 9 nitrogen and oxygen atoms in total. The van der Waals surface area contributed by atoms with Crippen molar-refractivity contribution in [2.24, 2.45) is 0 Å². The van der Waals surface area contributed by atoms with Crippen molar-refractivity contribution >= 4 is 28.5 Å². The van der Waals surface area contributed by atoms with Gasteiger partial charge in [-0.3, -0.25) is 9.48 Å². The second kappa shape index (κ2) is 9.78. The number of para-hydroxylation sites is 1. The number of likely N-dealkylation sites (tertiary alicyclic amines) is 1. The van der Waals surface area contributed by atoms with Crippen LogP contribution in [-0.2, 0) is 4.74 Å². The largest absolute Gasteiger partial charge is 0.444 e. The van der Waals surface area contributed by atoms with Gasteiger partial charge >= 0.3 is 6.09 Å². The summed E-state index contributed by atoms with van der Waals surface area (Å²) >= 11 is 0. The molecule has 4 aromatic rings. The molecule has 1 fully saturated rings. The molecule has 2 aromatic carbocycles. The predicted octanol–water partition coefficient (Wildman–Crippen LogP) is 6.21. The molecule has 1 saturated heterocycles. The van der Waals surface area contributed by atoms with E-state index in [0.29, 0.717) is 18.8 Å². The standard InChI is InChI=1S/C29H30N6O3/c1-19(36)27-26(30-5)25(32-35(27)23-12-9-15-33(18-23)28(37)38-29(2,3)4)20-13-14-24-21(16-20)17-31-34(24)22-10-7-6-8-11-22/h6-8,10-11,13-14,16-17,23H,9,12,15,18H2,1-4H3/t23-/m1/s1. The summed E-state index contributed by atoms with van der Waals surface area (Å²) in [6, 6.07) is 15.4. The van der Waals surface area contributed by atoms with Gasteiger partial charge in [0.15, 0.2) is 5.78 Å². The van der Waals surface area contributed by atoms with Gasteiger partial charge in [-0.25, -0.2) is 14.3 Å². The van der Waals surface area contributed by atoms with Gasteiger partial charge in [-0.2, -0.15) is 10.2 Å². The first-order valence-corrected chi connectivity index (χ1v) is 12.7. The lowest BCUT2D eigenvalue weighted by molar-refractivity contribution is 0.0167. The molecule has 0 unspecified atom stereocenters. The van der Waals surface area contributed by atoms with E-state index in [-0.39, 0.29) is 29.3 Å². The van der Waals surface area contributed by atoms with Crippen LogP contribution in [0.5, 0.6) is 0 Å². The highest BCUT2D eigenvalue weighted by molar-refractivity contribution is 6.02. The highest BCUT2D eigenvalue weighted by Crippen LogP contribution is 2.38. The van der Waals surface area contributed by atoms with Crippen LogP contribution in [-0.4, -0.2) is 55.0 Å². The van der Waals surface area contributed by atoms with Crippen LogP contribution in [0.25, 0.3) is 32.7 Å². The summed E-state index contributed by atoms with van der Waals surface area (Å²) in [7, 11) is 0. The van der Waals surface area contributed by atoms with Gasteiger partial charge in [0.2, 0.25) is 5.69 Å². The van der Waals surface area contributed by atoms with E-state index in [4.69, 9.17) is 16.4 Å². The summed E-state index contributed by atoms with van der Waals surface area (Å²) < 4.78 is 9.08. The third-order valence-corrected chi connectivity index (χ3v) is 6.57. The summed E-state index contributed by atoms with van der Waals surface area (Å²) in [5.41, 5.74) is 2.96. The van der Waals surface area contributed by atoms with E-state index in [1.807, 2.05) is 74.0 Å². The zero-order chi connectivity index (χ0) is 27.0. The van der Waals surface area contributed by atoms with Gasteiger partial charge < -0.3 is 9.64 Å².